The molecule has 0 aliphatic heterocycles. The molecule has 154 valence electrons. The minimum absolute atomic E-state index is 0.406. The van der Waals surface area contributed by atoms with E-state index in [2.05, 4.69) is 34.5 Å². The van der Waals surface area contributed by atoms with Crippen LogP contribution in [0.15, 0.2) is 89.5 Å². The lowest BCUT2D eigenvalue weighted by atomic mass is 9.97. The molecular weight excluding hydrogens is 396 g/mol. The van der Waals surface area contributed by atoms with Gasteiger partial charge in [-0.15, -0.1) is 10.2 Å². The summed E-state index contributed by atoms with van der Waals surface area (Å²) in [6.07, 6.45) is 5.21. The van der Waals surface area contributed by atoms with Gasteiger partial charge in [0, 0.05) is 17.3 Å². The van der Waals surface area contributed by atoms with Gasteiger partial charge in [-0.2, -0.15) is 0 Å². The Kier molecular flexibility index (Phi) is 4.57. The van der Waals surface area contributed by atoms with Gasteiger partial charge in [0.05, 0.1) is 11.4 Å². The van der Waals surface area contributed by atoms with Gasteiger partial charge >= 0.3 is 0 Å². The van der Waals surface area contributed by atoms with Crippen molar-refractivity contribution in [3.8, 4) is 45.6 Å². The van der Waals surface area contributed by atoms with Crippen molar-refractivity contribution in [2.45, 2.75) is 19.3 Å². The van der Waals surface area contributed by atoms with Gasteiger partial charge in [0.25, 0.3) is 5.89 Å². The van der Waals surface area contributed by atoms with E-state index in [9.17, 15) is 0 Å². The number of pyridine rings is 2. The molecule has 0 unspecified atom stereocenters. The second-order valence-electron chi connectivity index (χ2n) is 7.88. The van der Waals surface area contributed by atoms with E-state index in [0.29, 0.717) is 17.5 Å². The molecule has 0 amide bonds. The van der Waals surface area contributed by atoms with Crippen LogP contribution in [-0.4, -0.2) is 20.2 Å². The molecule has 2 aromatic carbocycles. The van der Waals surface area contributed by atoms with Gasteiger partial charge in [-0.25, -0.2) is 4.98 Å². The van der Waals surface area contributed by atoms with Crippen molar-refractivity contribution >= 4 is 0 Å². The van der Waals surface area contributed by atoms with Crippen LogP contribution in [-0.2, 0) is 12.8 Å². The Hall–Kier alpha value is -4.12. The van der Waals surface area contributed by atoms with Crippen LogP contribution < -0.4 is 0 Å². The fourth-order valence-corrected chi connectivity index (χ4v) is 4.38. The maximum absolute atomic E-state index is 5.91. The number of benzene rings is 2. The molecule has 3 aromatic heterocycles. The van der Waals surface area contributed by atoms with Crippen LogP contribution in [0.2, 0.25) is 0 Å². The summed E-state index contributed by atoms with van der Waals surface area (Å²) >= 11 is 0. The van der Waals surface area contributed by atoms with E-state index in [4.69, 9.17) is 14.4 Å². The summed E-state index contributed by atoms with van der Waals surface area (Å²) in [5.74, 6) is 0.891. The van der Waals surface area contributed by atoms with Crippen LogP contribution in [0.5, 0.6) is 0 Å². The molecule has 6 rings (SSSR count). The summed E-state index contributed by atoms with van der Waals surface area (Å²) in [5.41, 5.74) is 8.44. The lowest BCUT2D eigenvalue weighted by Gasteiger charge is -2.12. The van der Waals surface area contributed by atoms with Crippen LogP contribution in [0.4, 0.5) is 0 Å². The highest BCUT2D eigenvalue weighted by molar-refractivity contribution is 5.74. The van der Waals surface area contributed by atoms with Crippen LogP contribution in [0, 0.1) is 0 Å². The number of fused-ring (bicyclic) bond motifs is 1. The van der Waals surface area contributed by atoms with E-state index in [1.807, 2.05) is 60.8 Å². The first kappa shape index (κ1) is 18.6. The Bertz CT molecular complexity index is 1390. The highest BCUT2D eigenvalue weighted by Crippen LogP contribution is 2.37. The molecule has 3 heterocycles. The van der Waals surface area contributed by atoms with Gasteiger partial charge < -0.3 is 4.42 Å². The van der Waals surface area contributed by atoms with Crippen molar-refractivity contribution in [1.82, 2.24) is 20.2 Å². The van der Waals surface area contributed by atoms with Gasteiger partial charge in [0.1, 0.15) is 5.69 Å². The predicted molar refractivity (Wildman–Crippen MR) is 124 cm³/mol. The lowest BCUT2D eigenvalue weighted by Crippen LogP contribution is -1.98. The molecule has 5 nitrogen and oxygen atoms in total. The first-order valence-corrected chi connectivity index (χ1v) is 10.8. The fraction of sp³-hybridized carbons (Fsp3) is 0.111. The van der Waals surface area contributed by atoms with Gasteiger partial charge in [0.2, 0.25) is 5.89 Å². The molecule has 1 aliphatic carbocycles. The minimum atomic E-state index is 0.406. The Morgan fingerprint density at radius 3 is 2.12 bits per heavy atom. The molecule has 0 saturated heterocycles. The van der Waals surface area contributed by atoms with Crippen molar-refractivity contribution in [3.63, 3.8) is 0 Å². The maximum atomic E-state index is 5.91. The standard InChI is InChI=1S/C27H20N4O/c1-3-9-18(10-4-1)22-17-28-25(21-14-7-13-20(21)22)23-15-8-16-24(29-23)27-31-30-26(32-27)19-11-5-2-6-12-19/h1-6,8-12,15-17H,7,13-14H2. The predicted octanol–water partition coefficient (Wildman–Crippen LogP) is 6.02. The number of rotatable bonds is 4. The normalized spacial score (nSPS) is 12.6. The van der Waals surface area contributed by atoms with Crippen LogP contribution >= 0.6 is 0 Å². The first-order valence-electron chi connectivity index (χ1n) is 10.8. The Labute approximate surface area is 185 Å². The summed E-state index contributed by atoms with van der Waals surface area (Å²) in [6.45, 7) is 0. The van der Waals surface area contributed by atoms with Gasteiger partial charge in [-0.3, -0.25) is 4.98 Å². The van der Waals surface area contributed by atoms with E-state index in [1.54, 1.807) is 0 Å². The second-order valence-corrected chi connectivity index (χ2v) is 7.88. The van der Waals surface area contributed by atoms with Gasteiger partial charge in [0.15, 0.2) is 0 Å². The minimum Gasteiger partial charge on any atom is -0.415 e. The third-order valence-corrected chi connectivity index (χ3v) is 5.89. The highest BCUT2D eigenvalue weighted by atomic mass is 16.4. The van der Waals surface area contributed by atoms with Gasteiger partial charge in [-0.1, -0.05) is 54.6 Å². The van der Waals surface area contributed by atoms with E-state index < -0.39 is 0 Å². The maximum Gasteiger partial charge on any atom is 0.266 e. The quantitative estimate of drug-likeness (QED) is 0.359. The molecule has 1 aliphatic rings. The van der Waals surface area contributed by atoms with Crippen molar-refractivity contribution in [2.75, 3.05) is 0 Å². The van der Waals surface area contributed by atoms with Gasteiger partial charge in [-0.05, 0) is 60.2 Å². The Morgan fingerprint density at radius 2 is 1.31 bits per heavy atom. The Balaban J connectivity index is 1.39. The second kappa shape index (κ2) is 7.85. The van der Waals surface area contributed by atoms with E-state index in [1.165, 1.54) is 22.3 Å². The Morgan fingerprint density at radius 1 is 0.625 bits per heavy atom. The van der Waals surface area contributed by atoms with Crippen LogP contribution in [0.3, 0.4) is 0 Å². The number of hydrogen-bond acceptors (Lipinski definition) is 5. The first-order chi connectivity index (χ1) is 15.9. The average molecular weight is 416 g/mol. The zero-order valence-electron chi connectivity index (χ0n) is 17.4. The van der Waals surface area contributed by atoms with Crippen LogP contribution in [0.25, 0.3) is 45.6 Å². The summed E-state index contributed by atoms with van der Waals surface area (Å²) in [5, 5.41) is 8.42. The summed E-state index contributed by atoms with van der Waals surface area (Å²) < 4.78 is 5.91. The zero-order chi connectivity index (χ0) is 21.3. The van der Waals surface area contributed by atoms with Crippen molar-refractivity contribution in [2.24, 2.45) is 0 Å². The third-order valence-electron chi connectivity index (χ3n) is 5.89. The highest BCUT2D eigenvalue weighted by Gasteiger charge is 2.22. The summed E-state index contributed by atoms with van der Waals surface area (Å²) in [6, 6.07) is 26.1. The number of nitrogens with zero attached hydrogens (tertiary/aromatic N) is 4. The molecular formula is C27H20N4O. The molecule has 5 heteroatoms. The number of aromatic nitrogens is 4. The van der Waals surface area contributed by atoms with Crippen LogP contribution in [0.1, 0.15) is 17.5 Å². The fourth-order valence-electron chi connectivity index (χ4n) is 4.38. The van der Waals surface area contributed by atoms with Crippen molar-refractivity contribution < 1.29 is 4.42 Å². The SMILES string of the molecule is c1ccc(-c2nnc(-c3cccc(-c4ncc(-c5ccccc5)c5c4CCC5)n3)o2)cc1. The smallest absolute Gasteiger partial charge is 0.266 e. The monoisotopic (exact) mass is 416 g/mol. The molecule has 0 atom stereocenters. The molecule has 0 N–H and O–H groups in total. The molecule has 5 aromatic rings. The summed E-state index contributed by atoms with van der Waals surface area (Å²) in [4.78, 5) is 9.70. The largest absolute Gasteiger partial charge is 0.415 e. The summed E-state index contributed by atoms with van der Waals surface area (Å²) in [7, 11) is 0. The van der Waals surface area contributed by atoms with Crippen molar-refractivity contribution in [3.05, 3.63) is 96.2 Å². The van der Waals surface area contributed by atoms with Crippen molar-refractivity contribution in [1.29, 1.82) is 0 Å². The zero-order valence-corrected chi connectivity index (χ0v) is 17.4. The van der Waals surface area contributed by atoms with E-state index >= 15 is 0 Å². The van der Waals surface area contributed by atoms with E-state index in [0.717, 1.165) is 36.2 Å². The molecule has 0 radical (unpaired) electrons. The third kappa shape index (κ3) is 3.28. The van der Waals surface area contributed by atoms with E-state index in [-0.39, 0.29) is 0 Å². The molecule has 32 heavy (non-hydrogen) atoms. The molecule has 0 bridgehead atoms. The lowest BCUT2D eigenvalue weighted by molar-refractivity contribution is 0.582. The molecule has 0 spiro atoms. The number of hydrogen-bond donors (Lipinski definition) is 0. The topological polar surface area (TPSA) is 64.7 Å². The average Bonchev–Trinajstić information content (AvgIpc) is 3.55. The molecule has 0 fully saturated rings. The molecule has 0 saturated carbocycles.